The predicted octanol–water partition coefficient (Wildman–Crippen LogP) is 4.48. The molecule has 0 aromatic heterocycles. The maximum Gasteiger partial charge on any atom is 0.150 e. The van der Waals surface area contributed by atoms with Gasteiger partial charge >= 0.3 is 0 Å². The summed E-state index contributed by atoms with van der Waals surface area (Å²) >= 11 is 0. The van der Waals surface area contributed by atoms with Crippen LogP contribution in [0, 0.1) is 6.92 Å². The van der Waals surface area contributed by atoms with E-state index in [1.54, 1.807) is 6.07 Å². The first kappa shape index (κ1) is 12.9. The third kappa shape index (κ3) is 2.60. The molecule has 0 atom stereocenters. The quantitative estimate of drug-likeness (QED) is 0.766. The van der Waals surface area contributed by atoms with Crippen LogP contribution in [-0.4, -0.2) is 6.29 Å². The topological polar surface area (TPSA) is 26.3 Å². The molecule has 2 nitrogen and oxygen atoms in total. The lowest BCUT2D eigenvalue weighted by Gasteiger charge is -2.17. The molecule has 2 aromatic carbocycles. The van der Waals surface area contributed by atoms with Crippen molar-refractivity contribution in [3.05, 3.63) is 58.7 Å². The summed E-state index contributed by atoms with van der Waals surface area (Å²) in [6, 6.07) is 11.8. The number of aldehydes is 1. The molecule has 0 amide bonds. The summed E-state index contributed by atoms with van der Waals surface area (Å²) in [4.78, 5) is 10.9. The zero-order valence-corrected chi connectivity index (χ0v) is 11.7. The van der Waals surface area contributed by atoms with Gasteiger partial charge in [0.2, 0.25) is 0 Å². The molecule has 0 saturated heterocycles. The Labute approximate surface area is 119 Å². The van der Waals surface area contributed by atoms with E-state index in [9.17, 15) is 4.79 Å². The van der Waals surface area contributed by atoms with Crippen LogP contribution in [0.3, 0.4) is 0 Å². The molecule has 20 heavy (non-hydrogen) atoms. The van der Waals surface area contributed by atoms with Gasteiger partial charge in [0.25, 0.3) is 0 Å². The number of carbonyl (C=O) groups excluding carboxylic acids is 1. The van der Waals surface area contributed by atoms with E-state index in [0.29, 0.717) is 5.56 Å². The predicted molar refractivity (Wildman–Crippen MR) is 79.7 cm³/mol. The van der Waals surface area contributed by atoms with E-state index < -0.39 is 0 Å². The largest absolute Gasteiger partial charge is 0.457 e. The number of rotatable bonds is 3. The van der Waals surface area contributed by atoms with E-state index in [2.05, 4.69) is 12.1 Å². The molecule has 102 valence electrons. The summed E-state index contributed by atoms with van der Waals surface area (Å²) in [6.45, 7) is 1.99. The second-order valence-electron chi connectivity index (χ2n) is 5.38. The van der Waals surface area contributed by atoms with Crippen LogP contribution < -0.4 is 4.74 Å². The number of aryl methyl sites for hydroxylation is 3. The van der Waals surface area contributed by atoms with Crippen LogP contribution in [0.5, 0.6) is 11.5 Å². The summed E-state index contributed by atoms with van der Waals surface area (Å²) in [5, 5.41) is 0. The molecular weight excluding hydrogens is 248 g/mol. The third-order valence-corrected chi connectivity index (χ3v) is 3.90. The average Bonchev–Trinajstić information content (AvgIpc) is 2.49. The van der Waals surface area contributed by atoms with Gasteiger partial charge in [-0.25, -0.2) is 0 Å². The van der Waals surface area contributed by atoms with Gasteiger partial charge in [-0.05, 0) is 67.5 Å². The molecular formula is C18H18O2. The van der Waals surface area contributed by atoms with Crippen molar-refractivity contribution in [2.45, 2.75) is 32.6 Å². The zero-order valence-electron chi connectivity index (χ0n) is 11.7. The van der Waals surface area contributed by atoms with E-state index in [0.717, 1.165) is 29.8 Å². The van der Waals surface area contributed by atoms with Gasteiger partial charge in [0.05, 0.1) is 0 Å². The Balaban J connectivity index is 1.89. The fraction of sp³-hybridized carbons (Fsp3) is 0.278. The van der Waals surface area contributed by atoms with Gasteiger partial charge in [0, 0.05) is 5.56 Å². The lowest BCUT2D eigenvalue weighted by molar-refractivity contribution is 0.112. The Bertz CT molecular complexity index is 644. The first-order chi connectivity index (χ1) is 9.76. The lowest BCUT2D eigenvalue weighted by Crippen LogP contribution is -2.02. The van der Waals surface area contributed by atoms with Gasteiger partial charge < -0.3 is 4.74 Å². The van der Waals surface area contributed by atoms with Gasteiger partial charge in [-0.3, -0.25) is 4.79 Å². The van der Waals surface area contributed by atoms with Crippen LogP contribution in [0.1, 0.15) is 39.9 Å². The molecule has 0 spiro atoms. The van der Waals surface area contributed by atoms with Gasteiger partial charge in [-0.15, -0.1) is 0 Å². The van der Waals surface area contributed by atoms with Gasteiger partial charge in [-0.2, -0.15) is 0 Å². The number of ether oxygens (including phenoxy) is 1. The SMILES string of the molecule is Cc1ccc(C=O)cc1Oc1ccc2c(c1)CCCC2. The summed E-state index contributed by atoms with van der Waals surface area (Å²) in [5.74, 6) is 1.61. The Kier molecular flexibility index (Phi) is 3.55. The average molecular weight is 266 g/mol. The summed E-state index contributed by atoms with van der Waals surface area (Å²) < 4.78 is 5.96. The second-order valence-corrected chi connectivity index (χ2v) is 5.38. The highest BCUT2D eigenvalue weighted by Gasteiger charge is 2.11. The van der Waals surface area contributed by atoms with E-state index in [1.807, 2.05) is 25.1 Å². The minimum Gasteiger partial charge on any atom is -0.457 e. The van der Waals surface area contributed by atoms with Crippen molar-refractivity contribution in [1.29, 1.82) is 0 Å². The normalized spacial score (nSPS) is 13.7. The second kappa shape index (κ2) is 5.49. The summed E-state index contributed by atoms with van der Waals surface area (Å²) in [7, 11) is 0. The number of benzene rings is 2. The summed E-state index contributed by atoms with van der Waals surface area (Å²) in [6.07, 6.45) is 5.71. The minimum atomic E-state index is 0.642. The first-order valence-electron chi connectivity index (χ1n) is 7.12. The van der Waals surface area contributed by atoms with Crippen molar-refractivity contribution < 1.29 is 9.53 Å². The van der Waals surface area contributed by atoms with E-state index in [-0.39, 0.29) is 0 Å². The van der Waals surface area contributed by atoms with Gasteiger partial charge in [-0.1, -0.05) is 18.2 Å². The van der Waals surface area contributed by atoms with Gasteiger partial charge in [0.1, 0.15) is 17.8 Å². The number of fused-ring (bicyclic) bond motifs is 1. The molecule has 3 rings (SSSR count). The molecule has 0 radical (unpaired) electrons. The zero-order chi connectivity index (χ0) is 13.9. The molecule has 0 saturated carbocycles. The fourth-order valence-electron chi connectivity index (χ4n) is 2.70. The summed E-state index contributed by atoms with van der Waals surface area (Å²) in [5.41, 5.74) is 4.52. The van der Waals surface area contributed by atoms with E-state index >= 15 is 0 Å². The van der Waals surface area contributed by atoms with Crippen LogP contribution in [0.15, 0.2) is 36.4 Å². The van der Waals surface area contributed by atoms with Crippen molar-refractivity contribution in [1.82, 2.24) is 0 Å². The van der Waals surface area contributed by atoms with Crippen molar-refractivity contribution in [2.24, 2.45) is 0 Å². The molecule has 0 unspecified atom stereocenters. The van der Waals surface area contributed by atoms with Gasteiger partial charge in [0.15, 0.2) is 0 Å². The highest BCUT2D eigenvalue weighted by atomic mass is 16.5. The maximum absolute atomic E-state index is 10.9. The van der Waals surface area contributed by atoms with Crippen LogP contribution in [0.4, 0.5) is 0 Å². The molecule has 0 fully saturated rings. The molecule has 0 heterocycles. The molecule has 1 aliphatic rings. The van der Waals surface area contributed by atoms with Crippen LogP contribution in [0.25, 0.3) is 0 Å². The minimum absolute atomic E-state index is 0.642. The molecule has 2 aromatic rings. The van der Waals surface area contributed by atoms with Crippen molar-refractivity contribution in [3.63, 3.8) is 0 Å². The molecule has 0 bridgehead atoms. The maximum atomic E-state index is 10.9. The van der Waals surface area contributed by atoms with Crippen molar-refractivity contribution in [2.75, 3.05) is 0 Å². The Morgan fingerprint density at radius 2 is 1.80 bits per heavy atom. The molecule has 1 aliphatic carbocycles. The highest BCUT2D eigenvalue weighted by Crippen LogP contribution is 2.30. The highest BCUT2D eigenvalue weighted by molar-refractivity contribution is 5.76. The van der Waals surface area contributed by atoms with E-state index in [1.165, 1.54) is 30.4 Å². The Morgan fingerprint density at radius 1 is 1.00 bits per heavy atom. The molecule has 2 heteroatoms. The van der Waals surface area contributed by atoms with Crippen LogP contribution in [-0.2, 0) is 12.8 Å². The Hall–Kier alpha value is -2.09. The van der Waals surface area contributed by atoms with Crippen molar-refractivity contribution >= 4 is 6.29 Å². The smallest absolute Gasteiger partial charge is 0.150 e. The van der Waals surface area contributed by atoms with Crippen molar-refractivity contribution in [3.8, 4) is 11.5 Å². The standard InChI is InChI=1S/C18H18O2/c1-13-6-7-14(12-19)10-18(13)20-17-9-8-15-4-2-3-5-16(15)11-17/h6-12H,2-5H2,1H3. The third-order valence-electron chi connectivity index (χ3n) is 3.90. The van der Waals surface area contributed by atoms with Crippen LogP contribution in [0.2, 0.25) is 0 Å². The monoisotopic (exact) mass is 266 g/mol. The van der Waals surface area contributed by atoms with Crippen LogP contribution >= 0.6 is 0 Å². The van der Waals surface area contributed by atoms with E-state index in [4.69, 9.17) is 4.74 Å². The number of carbonyl (C=O) groups is 1. The Morgan fingerprint density at radius 3 is 2.60 bits per heavy atom. The molecule has 0 N–H and O–H groups in total. The molecule has 0 aliphatic heterocycles. The fourth-order valence-corrected chi connectivity index (χ4v) is 2.70. The lowest BCUT2D eigenvalue weighted by atomic mass is 9.92. The first-order valence-corrected chi connectivity index (χ1v) is 7.12. The number of hydrogen-bond acceptors (Lipinski definition) is 2. The number of hydrogen-bond donors (Lipinski definition) is 0.